The fourth-order valence-electron chi connectivity index (χ4n) is 3.30. The molecule has 1 amide bonds. The van der Waals surface area contributed by atoms with Gasteiger partial charge in [-0.05, 0) is 49.6 Å². The number of nitrogens with one attached hydrogen (secondary N) is 1. The van der Waals surface area contributed by atoms with Gasteiger partial charge in [0, 0.05) is 4.90 Å². The zero-order chi connectivity index (χ0) is 15.3. The first-order valence-corrected chi connectivity index (χ1v) is 8.51. The van der Waals surface area contributed by atoms with Crippen LogP contribution in [-0.2, 0) is 4.79 Å². The molecule has 0 aromatic heterocycles. The highest BCUT2D eigenvalue weighted by Gasteiger charge is 2.46. The van der Waals surface area contributed by atoms with Gasteiger partial charge in [-0.25, -0.2) is 4.39 Å². The normalized spacial score (nSPS) is 25.1. The SMILES string of the molecule is CCNC1(C(N)=O)CCCC1CCSc1ccccc1F. The smallest absolute Gasteiger partial charge is 0.238 e. The maximum absolute atomic E-state index is 13.6. The van der Waals surface area contributed by atoms with Crippen molar-refractivity contribution in [2.24, 2.45) is 11.7 Å². The summed E-state index contributed by atoms with van der Waals surface area (Å²) in [4.78, 5) is 12.6. The molecule has 5 heteroatoms. The molecule has 1 aromatic carbocycles. The van der Waals surface area contributed by atoms with E-state index in [1.54, 1.807) is 12.1 Å². The Morgan fingerprint density at radius 2 is 2.29 bits per heavy atom. The summed E-state index contributed by atoms with van der Waals surface area (Å²) in [7, 11) is 0. The lowest BCUT2D eigenvalue weighted by Crippen LogP contribution is -2.57. The first-order valence-electron chi connectivity index (χ1n) is 7.52. The summed E-state index contributed by atoms with van der Waals surface area (Å²) >= 11 is 1.51. The summed E-state index contributed by atoms with van der Waals surface area (Å²) in [5.41, 5.74) is 5.08. The molecule has 2 rings (SSSR count). The zero-order valence-corrected chi connectivity index (χ0v) is 13.2. The number of carbonyl (C=O) groups excluding carboxylic acids is 1. The van der Waals surface area contributed by atoms with E-state index in [1.165, 1.54) is 17.8 Å². The monoisotopic (exact) mass is 310 g/mol. The number of hydrogen-bond donors (Lipinski definition) is 2. The maximum Gasteiger partial charge on any atom is 0.238 e. The van der Waals surface area contributed by atoms with Crippen molar-refractivity contribution in [3.8, 4) is 0 Å². The van der Waals surface area contributed by atoms with Crippen LogP contribution in [-0.4, -0.2) is 23.7 Å². The van der Waals surface area contributed by atoms with Crippen LogP contribution in [0.5, 0.6) is 0 Å². The molecule has 2 unspecified atom stereocenters. The number of benzene rings is 1. The number of halogens is 1. The molecule has 21 heavy (non-hydrogen) atoms. The average Bonchev–Trinajstić information content (AvgIpc) is 2.86. The van der Waals surface area contributed by atoms with Crippen LogP contribution in [0.4, 0.5) is 4.39 Å². The van der Waals surface area contributed by atoms with Crippen molar-refractivity contribution in [1.29, 1.82) is 0 Å². The highest BCUT2D eigenvalue weighted by Crippen LogP contribution is 2.39. The van der Waals surface area contributed by atoms with Crippen LogP contribution in [0.3, 0.4) is 0 Å². The second-order valence-electron chi connectivity index (χ2n) is 5.52. The molecule has 1 aliphatic carbocycles. The lowest BCUT2D eigenvalue weighted by molar-refractivity contribution is -0.125. The van der Waals surface area contributed by atoms with Gasteiger partial charge in [0.25, 0.3) is 0 Å². The first-order chi connectivity index (χ1) is 10.1. The van der Waals surface area contributed by atoms with E-state index in [4.69, 9.17) is 5.73 Å². The Kier molecular flexibility index (Phi) is 5.65. The van der Waals surface area contributed by atoms with E-state index < -0.39 is 5.54 Å². The predicted molar refractivity (Wildman–Crippen MR) is 84.7 cm³/mol. The molecule has 1 aliphatic rings. The second-order valence-corrected chi connectivity index (χ2v) is 6.66. The van der Waals surface area contributed by atoms with Crippen LogP contribution in [0.2, 0.25) is 0 Å². The summed E-state index contributed by atoms with van der Waals surface area (Å²) in [5, 5.41) is 3.31. The van der Waals surface area contributed by atoms with E-state index in [0.29, 0.717) is 4.90 Å². The summed E-state index contributed by atoms with van der Waals surface area (Å²) in [6, 6.07) is 6.80. The Labute approximate surface area is 129 Å². The third-order valence-electron chi connectivity index (χ3n) is 4.31. The minimum absolute atomic E-state index is 0.179. The molecule has 0 aliphatic heterocycles. The maximum atomic E-state index is 13.6. The van der Waals surface area contributed by atoms with Gasteiger partial charge in [-0.1, -0.05) is 25.5 Å². The molecule has 2 atom stereocenters. The standard InChI is InChI=1S/C16H23FN2OS/c1-2-19-16(15(18)20)10-5-6-12(16)9-11-21-14-8-4-3-7-13(14)17/h3-4,7-8,12,19H,2,5-6,9-11H2,1H3,(H2,18,20). The first kappa shape index (κ1) is 16.3. The highest BCUT2D eigenvalue weighted by atomic mass is 32.2. The summed E-state index contributed by atoms with van der Waals surface area (Å²) in [6.07, 6.45) is 3.71. The Morgan fingerprint density at radius 3 is 2.95 bits per heavy atom. The molecule has 0 radical (unpaired) electrons. The van der Waals surface area contributed by atoms with E-state index >= 15 is 0 Å². The largest absolute Gasteiger partial charge is 0.368 e. The third-order valence-corrected chi connectivity index (χ3v) is 5.39. The van der Waals surface area contributed by atoms with Gasteiger partial charge < -0.3 is 11.1 Å². The lowest BCUT2D eigenvalue weighted by atomic mass is 9.84. The number of primary amides is 1. The molecular formula is C16H23FN2OS. The van der Waals surface area contributed by atoms with Crippen LogP contribution in [0.25, 0.3) is 0 Å². The van der Waals surface area contributed by atoms with E-state index in [1.807, 2.05) is 13.0 Å². The van der Waals surface area contributed by atoms with Gasteiger partial charge in [0.15, 0.2) is 0 Å². The van der Waals surface area contributed by atoms with Crippen molar-refractivity contribution in [2.75, 3.05) is 12.3 Å². The van der Waals surface area contributed by atoms with Crippen molar-refractivity contribution in [2.45, 2.75) is 43.0 Å². The molecule has 1 aromatic rings. The number of carbonyl (C=O) groups is 1. The molecule has 3 nitrogen and oxygen atoms in total. The number of hydrogen-bond acceptors (Lipinski definition) is 3. The quantitative estimate of drug-likeness (QED) is 0.761. The molecule has 0 bridgehead atoms. The summed E-state index contributed by atoms with van der Waals surface area (Å²) in [6.45, 7) is 2.73. The summed E-state index contributed by atoms with van der Waals surface area (Å²) in [5.74, 6) is 0.616. The van der Waals surface area contributed by atoms with Gasteiger partial charge in [0.05, 0.1) is 0 Å². The van der Waals surface area contributed by atoms with Crippen molar-refractivity contribution < 1.29 is 9.18 Å². The number of rotatable bonds is 7. The van der Waals surface area contributed by atoms with Crippen LogP contribution in [0.15, 0.2) is 29.2 Å². The van der Waals surface area contributed by atoms with Crippen LogP contribution < -0.4 is 11.1 Å². The summed E-state index contributed by atoms with van der Waals surface area (Å²) < 4.78 is 13.6. The van der Waals surface area contributed by atoms with Crippen LogP contribution >= 0.6 is 11.8 Å². The fraction of sp³-hybridized carbons (Fsp3) is 0.562. The van der Waals surface area contributed by atoms with Gasteiger partial charge in [0.2, 0.25) is 5.91 Å². The molecule has 116 valence electrons. The van der Waals surface area contributed by atoms with Gasteiger partial charge in [-0.2, -0.15) is 0 Å². The Bertz CT molecular complexity index is 497. The van der Waals surface area contributed by atoms with E-state index in [0.717, 1.165) is 38.0 Å². The lowest BCUT2D eigenvalue weighted by Gasteiger charge is -2.33. The zero-order valence-electron chi connectivity index (χ0n) is 12.4. The number of amides is 1. The minimum Gasteiger partial charge on any atom is -0.368 e. The topological polar surface area (TPSA) is 55.1 Å². The Balaban J connectivity index is 1.95. The van der Waals surface area contributed by atoms with E-state index in [-0.39, 0.29) is 17.6 Å². The molecule has 0 heterocycles. The minimum atomic E-state index is -0.565. The van der Waals surface area contributed by atoms with Gasteiger partial charge in [-0.3, -0.25) is 4.79 Å². The number of thioether (sulfide) groups is 1. The molecule has 0 spiro atoms. The van der Waals surface area contributed by atoms with Crippen LogP contribution in [0, 0.1) is 11.7 Å². The van der Waals surface area contributed by atoms with E-state index in [2.05, 4.69) is 5.32 Å². The predicted octanol–water partition coefficient (Wildman–Crippen LogP) is 2.94. The molecule has 3 N–H and O–H groups in total. The van der Waals surface area contributed by atoms with Crippen molar-refractivity contribution in [1.82, 2.24) is 5.32 Å². The van der Waals surface area contributed by atoms with Gasteiger partial charge in [-0.15, -0.1) is 11.8 Å². The molecule has 1 fully saturated rings. The van der Waals surface area contributed by atoms with Crippen molar-refractivity contribution in [3.63, 3.8) is 0 Å². The number of likely N-dealkylation sites (N-methyl/N-ethyl adjacent to an activating group) is 1. The fourth-order valence-corrected chi connectivity index (χ4v) is 4.30. The average molecular weight is 310 g/mol. The number of nitrogens with two attached hydrogens (primary N) is 1. The second kappa shape index (κ2) is 7.27. The Hall–Kier alpha value is -1.07. The molecular weight excluding hydrogens is 287 g/mol. The Morgan fingerprint density at radius 1 is 1.52 bits per heavy atom. The third kappa shape index (κ3) is 3.58. The highest BCUT2D eigenvalue weighted by molar-refractivity contribution is 7.99. The molecule has 1 saturated carbocycles. The van der Waals surface area contributed by atoms with Crippen molar-refractivity contribution in [3.05, 3.63) is 30.1 Å². The molecule has 0 saturated heterocycles. The van der Waals surface area contributed by atoms with Gasteiger partial charge in [0.1, 0.15) is 11.4 Å². The van der Waals surface area contributed by atoms with Gasteiger partial charge >= 0.3 is 0 Å². The van der Waals surface area contributed by atoms with Crippen molar-refractivity contribution >= 4 is 17.7 Å². The van der Waals surface area contributed by atoms with Crippen LogP contribution in [0.1, 0.15) is 32.6 Å². The van der Waals surface area contributed by atoms with E-state index in [9.17, 15) is 9.18 Å².